The molecule has 0 saturated carbocycles. The quantitative estimate of drug-likeness (QED) is 0.691. The van der Waals surface area contributed by atoms with E-state index in [-0.39, 0.29) is 0 Å². The molecule has 1 heterocycles. The first-order valence-electron chi connectivity index (χ1n) is 7.37. The summed E-state index contributed by atoms with van der Waals surface area (Å²) < 4.78 is 0. The number of hydrogen-bond donors (Lipinski definition) is 1. The van der Waals surface area contributed by atoms with Gasteiger partial charge in [-0.1, -0.05) is 26.2 Å². The Morgan fingerprint density at radius 1 is 1.00 bits per heavy atom. The van der Waals surface area contributed by atoms with Crippen LogP contribution >= 0.6 is 0 Å². The number of rotatable bonds is 7. The van der Waals surface area contributed by atoms with Crippen LogP contribution in [-0.4, -0.2) is 54.6 Å². The van der Waals surface area contributed by atoms with Gasteiger partial charge in [-0.25, -0.2) is 0 Å². The predicted octanol–water partition coefficient (Wildman–Crippen LogP) is 1.92. The van der Waals surface area contributed by atoms with Crippen molar-refractivity contribution >= 4 is 0 Å². The molecule has 3 nitrogen and oxygen atoms in total. The third kappa shape index (κ3) is 4.94. The van der Waals surface area contributed by atoms with Crippen LogP contribution in [0.3, 0.4) is 0 Å². The predicted molar refractivity (Wildman–Crippen MR) is 75.3 cm³/mol. The van der Waals surface area contributed by atoms with E-state index in [4.69, 9.17) is 5.73 Å². The molecule has 0 bridgehead atoms. The largest absolute Gasteiger partial charge is 0.329 e. The first-order chi connectivity index (χ1) is 8.19. The Labute approximate surface area is 107 Å². The van der Waals surface area contributed by atoms with Gasteiger partial charge in [0.2, 0.25) is 0 Å². The van der Waals surface area contributed by atoms with E-state index in [2.05, 4.69) is 30.6 Å². The molecule has 1 atom stereocenters. The van der Waals surface area contributed by atoms with Crippen molar-refractivity contribution in [1.29, 1.82) is 0 Å². The molecule has 0 spiro atoms. The van der Waals surface area contributed by atoms with Crippen LogP contribution in [0.4, 0.5) is 0 Å². The average Bonchev–Trinajstić information content (AvgIpc) is 2.35. The molecule has 1 unspecified atom stereocenters. The molecule has 0 aromatic rings. The van der Waals surface area contributed by atoms with Crippen LogP contribution in [0.5, 0.6) is 0 Å². The molecule has 1 fully saturated rings. The maximum Gasteiger partial charge on any atom is 0.0219 e. The number of hydrogen-bond acceptors (Lipinski definition) is 3. The third-order valence-corrected chi connectivity index (χ3v) is 4.01. The van der Waals surface area contributed by atoms with Crippen LogP contribution < -0.4 is 5.73 Å². The smallest absolute Gasteiger partial charge is 0.0219 e. The van der Waals surface area contributed by atoms with Gasteiger partial charge in [-0.05, 0) is 20.3 Å². The van der Waals surface area contributed by atoms with Gasteiger partial charge in [-0.2, -0.15) is 0 Å². The molecule has 0 radical (unpaired) electrons. The summed E-state index contributed by atoms with van der Waals surface area (Å²) in [7, 11) is 0. The lowest BCUT2D eigenvalue weighted by molar-refractivity contribution is 0.0766. The molecule has 0 aromatic heterocycles. The van der Waals surface area contributed by atoms with Crippen LogP contribution in [0.2, 0.25) is 0 Å². The van der Waals surface area contributed by atoms with Gasteiger partial charge in [0, 0.05) is 44.8 Å². The molecule has 2 N–H and O–H groups in total. The number of nitrogens with two attached hydrogens (primary N) is 1. The molecule has 0 aliphatic carbocycles. The highest BCUT2D eigenvalue weighted by atomic mass is 15.3. The Balaban J connectivity index is 2.29. The van der Waals surface area contributed by atoms with Gasteiger partial charge in [0.15, 0.2) is 0 Å². The maximum absolute atomic E-state index is 5.93. The van der Waals surface area contributed by atoms with E-state index in [1.807, 2.05) is 0 Å². The molecule has 1 aliphatic heterocycles. The Bertz CT molecular complexity index is 186. The topological polar surface area (TPSA) is 32.5 Å². The summed E-state index contributed by atoms with van der Waals surface area (Å²) in [5.41, 5.74) is 5.93. The second-order valence-electron chi connectivity index (χ2n) is 5.55. The summed E-state index contributed by atoms with van der Waals surface area (Å²) in [6, 6.07) is 1.31. The van der Waals surface area contributed by atoms with Gasteiger partial charge in [-0.15, -0.1) is 0 Å². The highest BCUT2D eigenvalue weighted by Gasteiger charge is 2.23. The first-order valence-corrected chi connectivity index (χ1v) is 7.37. The summed E-state index contributed by atoms with van der Waals surface area (Å²) in [6.07, 6.45) is 5.27. The summed E-state index contributed by atoms with van der Waals surface area (Å²) in [5, 5.41) is 0. The summed E-state index contributed by atoms with van der Waals surface area (Å²) in [4.78, 5) is 5.17. The molecule has 0 aromatic carbocycles. The fourth-order valence-electron chi connectivity index (χ4n) is 2.70. The van der Waals surface area contributed by atoms with Gasteiger partial charge >= 0.3 is 0 Å². The lowest BCUT2D eigenvalue weighted by atomic mass is 10.1. The van der Waals surface area contributed by atoms with Crippen LogP contribution in [-0.2, 0) is 0 Å². The maximum atomic E-state index is 5.93. The molecule has 17 heavy (non-hydrogen) atoms. The minimum absolute atomic E-state index is 0.621. The van der Waals surface area contributed by atoms with E-state index in [1.54, 1.807) is 0 Å². The summed E-state index contributed by atoms with van der Waals surface area (Å²) in [6.45, 7) is 12.5. The second kappa shape index (κ2) is 8.06. The van der Waals surface area contributed by atoms with Crippen LogP contribution in [0.25, 0.3) is 0 Å². The van der Waals surface area contributed by atoms with Gasteiger partial charge in [0.1, 0.15) is 0 Å². The van der Waals surface area contributed by atoms with Gasteiger partial charge in [-0.3, -0.25) is 9.80 Å². The van der Waals surface area contributed by atoms with Crippen molar-refractivity contribution in [3.63, 3.8) is 0 Å². The van der Waals surface area contributed by atoms with E-state index in [1.165, 1.54) is 51.9 Å². The third-order valence-electron chi connectivity index (χ3n) is 4.01. The molecule has 1 rings (SSSR count). The molecular weight excluding hydrogens is 210 g/mol. The Morgan fingerprint density at radius 3 is 2.06 bits per heavy atom. The van der Waals surface area contributed by atoms with E-state index < -0.39 is 0 Å². The second-order valence-corrected chi connectivity index (χ2v) is 5.55. The number of unbranched alkanes of at least 4 members (excludes halogenated alkanes) is 2. The van der Waals surface area contributed by atoms with Crippen molar-refractivity contribution in [2.75, 3.05) is 32.7 Å². The monoisotopic (exact) mass is 241 g/mol. The lowest BCUT2D eigenvalue weighted by Gasteiger charge is -2.40. The first kappa shape index (κ1) is 14.9. The fraction of sp³-hybridized carbons (Fsp3) is 1.00. The molecule has 0 amide bonds. The average molecular weight is 241 g/mol. The van der Waals surface area contributed by atoms with Crippen molar-refractivity contribution in [2.24, 2.45) is 5.73 Å². The van der Waals surface area contributed by atoms with E-state index in [0.29, 0.717) is 12.1 Å². The van der Waals surface area contributed by atoms with Gasteiger partial charge in [0.05, 0.1) is 0 Å². The zero-order valence-corrected chi connectivity index (χ0v) is 12.0. The molecule has 1 aliphatic rings. The molecule has 102 valence electrons. The minimum Gasteiger partial charge on any atom is -0.329 e. The highest BCUT2D eigenvalue weighted by molar-refractivity contribution is 4.80. The number of piperazine rings is 1. The van der Waals surface area contributed by atoms with Gasteiger partial charge in [0.25, 0.3) is 0 Å². The zero-order valence-electron chi connectivity index (χ0n) is 12.0. The molecular formula is C14H31N3. The summed E-state index contributed by atoms with van der Waals surface area (Å²) >= 11 is 0. The normalized spacial score (nSPS) is 21.0. The van der Waals surface area contributed by atoms with Gasteiger partial charge < -0.3 is 5.73 Å². The Morgan fingerprint density at radius 2 is 1.59 bits per heavy atom. The van der Waals surface area contributed by atoms with E-state index >= 15 is 0 Å². The van der Waals surface area contributed by atoms with Crippen molar-refractivity contribution in [3.8, 4) is 0 Å². The van der Waals surface area contributed by atoms with Crippen molar-refractivity contribution in [1.82, 2.24) is 9.80 Å². The number of nitrogens with zero attached hydrogens (tertiary/aromatic N) is 2. The summed E-state index contributed by atoms with van der Waals surface area (Å²) in [5.74, 6) is 0. The van der Waals surface area contributed by atoms with Crippen molar-refractivity contribution in [3.05, 3.63) is 0 Å². The fourth-order valence-corrected chi connectivity index (χ4v) is 2.70. The van der Waals surface area contributed by atoms with E-state index in [9.17, 15) is 0 Å². The standard InChI is InChI=1S/C14H31N3/c1-4-5-6-7-14(12-15)17-10-8-16(9-11-17)13(2)3/h13-14H,4-12,15H2,1-3H3. The lowest BCUT2D eigenvalue weighted by Crippen LogP contribution is -2.53. The van der Waals surface area contributed by atoms with Crippen LogP contribution in [0.1, 0.15) is 46.5 Å². The molecule has 1 saturated heterocycles. The van der Waals surface area contributed by atoms with Crippen LogP contribution in [0, 0.1) is 0 Å². The Hall–Kier alpha value is -0.120. The SMILES string of the molecule is CCCCCC(CN)N1CCN(C(C)C)CC1. The van der Waals surface area contributed by atoms with Crippen molar-refractivity contribution in [2.45, 2.75) is 58.5 Å². The highest BCUT2D eigenvalue weighted by Crippen LogP contribution is 2.13. The molecule has 3 heteroatoms. The Kier molecular flexibility index (Phi) is 7.09. The minimum atomic E-state index is 0.621. The van der Waals surface area contributed by atoms with Crippen LogP contribution in [0.15, 0.2) is 0 Å². The van der Waals surface area contributed by atoms with E-state index in [0.717, 1.165) is 6.54 Å². The zero-order chi connectivity index (χ0) is 12.7. The van der Waals surface area contributed by atoms with Crippen molar-refractivity contribution < 1.29 is 0 Å².